The molecule has 2 heterocycles. The van der Waals surface area contributed by atoms with E-state index in [1.807, 2.05) is 30.3 Å². The second-order valence-corrected chi connectivity index (χ2v) is 8.17. The van der Waals surface area contributed by atoms with Crippen LogP contribution in [0, 0.1) is 24.5 Å². The van der Waals surface area contributed by atoms with Crippen LogP contribution in [-0.2, 0) is 9.53 Å². The first-order chi connectivity index (χ1) is 15.9. The SMILES string of the molecule is CCOC(=O)C1CCCN(C(=O)c2cc(-c3ccccc3)n(-c3ccc(F)cc3F)c2C)C1. The number of ether oxygens (including phenoxy) is 1. The van der Waals surface area contributed by atoms with E-state index >= 15 is 0 Å². The molecule has 0 N–H and O–H groups in total. The number of aromatic nitrogens is 1. The highest BCUT2D eigenvalue weighted by molar-refractivity contribution is 5.97. The number of nitrogens with zero attached hydrogens (tertiary/aromatic N) is 2. The number of benzene rings is 2. The van der Waals surface area contributed by atoms with Gasteiger partial charge in [0.05, 0.1) is 29.5 Å². The summed E-state index contributed by atoms with van der Waals surface area (Å²) in [6.07, 6.45) is 1.38. The monoisotopic (exact) mass is 452 g/mol. The second kappa shape index (κ2) is 9.57. The van der Waals surface area contributed by atoms with Gasteiger partial charge in [0, 0.05) is 24.8 Å². The van der Waals surface area contributed by atoms with Crippen molar-refractivity contribution in [2.45, 2.75) is 26.7 Å². The van der Waals surface area contributed by atoms with Crippen LogP contribution in [0.3, 0.4) is 0 Å². The molecule has 0 saturated carbocycles. The van der Waals surface area contributed by atoms with Gasteiger partial charge < -0.3 is 14.2 Å². The highest BCUT2D eigenvalue weighted by Gasteiger charge is 2.32. The molecule has 1 aliphatic rings. The first kappa shape index (κ1) is 22.7. The van der Waals surface area contributed by atoms with Crippen LogP contribution in [0.25, 0.3) is 16.9 Å². The number of esters is 1. The third-order valence-electron chi connectivity index (χ3n) is 6.03. The zero-order valence-electron chi connectivity index (χ0n) is 18.7. The molecule has 3 aromatic rings. The van der Waals surface area contributed by atoms with Crippen molar-refractivity contribution in [3.05, 3.63) is 77.5 Å². The maximum atomic E-state index is 14.8. The number of carbonyl (C=O) groups excluding carboxylic acids is 2. The number of likely N-dealkylation sites (tertiary alicyclic amines) is 1. The molecule has 33 heavy (non-hydrogen) atoms. The summed E-state index contributed by atoms with van der Waals surface area (Å²) in [5, 5.41) is 0. The summed E-state index contributed by atoms with van der Waals surface area (Å²) in [5.41, 5.74) is 2.55. The Bertz CT molecular complexity index is 1170. The van der Waals surface area contributed by atoms with E-state index < -0.39 is 11.6 Å². The smallest absolute Gasteiger partial charge is 0.310 e. The summed E-state index contributed by atoms with van der Waals surface area (Å²) in [7, 11) is 0. The van der Waals surface area contributed by atoms with Crippen molar-refractivity contribution in [3.63, 3.8) is 0 Å². The quantitative estimate of drug-likeness (QED) is 0.504. The molecule has 0 aliphatic carbocycles. The molecule has 0 radical (unpaired) electrons. The number of halogens is 2. The second-order valence-electron chi connectivity index (χ2n) is 8.17. The van der Waals surface area contributed by atoms with Crippen LogP contribution < -0.4 is 0 Å². The third-order valence-corrected chi connectivity index (χ3v) is 6.03. The maximum Gasteiger partial charge on any atom is 0.310 e. The summed E-state index contributed by atoms with van der Waals surface area (Å²) in [4.78, 5) is 27.4. The molecule has 1 fully saturated rings. The number of amides is 1. The van der Waals surface area contributed by atoms with E-state index in [-0.39, 0.29) is 30.0 Å². The molecule has 5 nitrogen and oxygen atoms in total. The van der Waals surface area contributed by atoms with Crippen molar-refractivity contribution in [2.75, 3.05) is 19.7 Å². The van der Waals surface area contributed by atoms with Gasteiger partial charge in [0.25, 0.3) is 5.91 Å². The lowest BCUT2D eigenvalue weighted by atomic mass is 9.97. The van der Waals surface area contributed by atoms with Gasteiger partial charge in [-0.3, -0.25) is 9.59 Å². The zero-order chi connectivity index (χ0) is 23.5. The molecule has 0 spiro atoms. The summed E-state index contributed by atoms with van der Waals surface area (Å²) in [6.45, 7) is 4.62. The number of piperidine rings is 1. The van der Waals surface area contributed by atoms with Crippen molar-refractivity contribution in [3.8, 4) is 16.9 Å². The summed E-state index contributed by atoms with van der Waals surface area (Å²) in [5.74, 6) is -2.25. The van der Waals surface area contributed by atoms with Crippen LogP contribution in [0.4, 0.5) is 8.78 Å². The molecule has 1 amide bonds. The van der Waals surface area contributed by atoms with E-state index in [2.05, 4.69) is 0 Å². The Balaban J connectivity index is 1.76. The third kappa shape index (κ3) is 4.53. The average Bonchev–Trinajstić information content (AvgIpc) is 3.16. The van der Waals surface area contributed by atoms with Gasteiger partial charge in [0.2, 0.25) is 0 Å². The molecule has 1 unspecified atom stereocenters. The fourth-order valence-electron chi connectivity index (χ4n) is 4.40. The topological polar surface area (TPSA) is 51.5 Å². The molecule has 172 valence electrons. The minimum absolute atomic E-state index is 0.162. The van der Waals surface area contributed by atoms with Crippen LogP contribution >= 0.6 is 0 Å². The molecule has 1 aliphatic heterocycles. The van der Waals surface area contributed by atoms with Gasteiger partial charge in [-0.1, -0.05) is 30.3 Å². The zero-order valence-corrected chi connectivity index (χ0v) is 18.7. The number of carbonyl (C=O) groups is 2. The van der Waals surface area contributed by atoms with Crippen molar-refractivity contribution >= 4 is 11.9 Å². The minimum atomic E-state index is -0.717. The lowest BCUT2D eigenvalue weighted by Crippen LogP contribution is -2.43. The van der Waals surface area contributed by atoms with E-state index in [4.69, 9.17) is 4.74 Å². The molecule has 1 atom stereocenters. The normalized spacial score (nSPS) is 16.0. The first-order valence-corrected chi connectivity index (χ1v) is 11.1. The van der Waals surface area contributed by atoms with Gasteiger partial charge in [-0.2, -0.15) is 0 Å². The van der Waals surface area contributed by atoms with Crippen molar-refractivity contribution in [2.24, 2.45) is 5.92 Å². The van der Waals surface area contributed by atoms with E-state index in [1.54, 1.807) is 29.4 Å². The number of rotatable bonds is 5. The molecular formula is C26H26F2N2O3. The Hall–Kier alpha value is -3.48. The predicted molar refractivity (Wildman–Crippen MR) is 121 cm³/mol. The Morgan fingerprint density at radius 3 is 2.55 bits per heavy atom. The summed E-state index contributed by atoms with van der Waals surface area (Å²) in [6, 6.07) is 14.5. The summed E-state index contributed by atoms with van der Waals surface area (Å²) >= 11 is 0. The van der Waals surface area contributed by atoms with Gasteiger partial charge in [-0.05, 0) is 50.5 Å². The Labute approximate surface area is 191 Å². The van der Waals surface area contributed by atoms with Crippen LogP contribution in [0.15, 0.2) is 54.6 Å². The lowest BCUT2D eigenvalue weighted by molar-refractivity contribution is -0.149. The minimum Gasteiger partial charge on any atom is -0.466 e. The molecule has 4 rings (SSSR count). The summed E-state index contributed by atoms with van der Waals surface area (Å²) < 4.78 is 35.1. The molecule has 7 heteroatoms. The Morgan fingerprint density at radius 2 is 1.85 bits per heavy atom. The Morgan fingerprint density at radius 1 is 1.09 bits per heavy atom. The van der Waals surface area contributed by atoms with Gasteiger partial charge in [-0.15, -0.1) is 0 Å². The standard InChI is InChI=1S/C26H26F2N2O3/c1-3-33-26(32)19-10-7-13-29(16-19)25(31)21-15-24(18-8-5-4-6-9-18)30(17(21)2)23-12-11-20(27)14-22(23)28/h4-6,8-9,11-12,14-15,19H,3,7,10,13,16H2,1-2H3. The molecule has 0 bridgehead atoms. The maximum absolute atomic E-state index is 14.8. The highest BCUT2D eigenvalue weighted by Crippen LogP contribution is 2.32. The van der Waals surface area contributed by atoms with Crippen LogP contribution in [-0.4, -0.2) is 41.0 Å². The fraction of sp³-hybridized carbons (Fsp3) is 0.308. The van der Waals surface area contributed by atoms with Gasteiger partial charge in [-0.25, -0.2) is 8.78 Å². The van der Waals surface area contributed by atoms with Crippen molar-refractivity contribution in [1.82, 2.24) is 9.47 Å². The van der Waals surface area contributed by atoms with Crippen molar-refractivity contribution < 1.29 is 23.1 Å². The van der Waals surface area contributed by atoms with E-state index in [9.17, 15) is 18.4 Å². The van der Waals surface area contributed by atoms with Crippen LogP contribution in [0.1, 0.15) is 35.8 Å². The predicted octanol–water partition coefficient (Wildman–Crippen LogP) is 5.15. The van der Waals surface area contributed by atoms with Gasteiger partial charge in [0.15, 0.2) is 0 Å². The lowest BCUT2D eigenvalue weighted by Gasteiger charge is -2.31. The largest absolute Gasteiger partial charge is 0.466 e. The van der Waals surface area contributed by atoms with Crippen LogP contribution in [0.2, 0.25) is 0 Å². The molecule has 2 aromatic carbocycles. The molecule has 1 saturated heterocycles. The fourth-order valence-corrected chi connectivity index (χ4v) is 4.40. The van der Waals surface area contributed by atoms with E-state index in [0.29, 0.717) is 42.9 Å². The molecule has 1 aromatic heterocycles. The molecular weight excluding hydrogens is 426 g/mol. The van der Waals surface area contributed by atoms with Crippen molar-refractivity contribution in [1.29, 1.82) is 0 Å². The first-order valence-electron chi connectivity index (χ1n) is 11.1. The van der Waals surface area contributed by atoms with Gasteiger partial charge >= 0.3 is 5.97 Å². The van der Waals surface area contributed by atoms with E-state index in [0.717, 1.165) is 11.6 Å². The highest BCUT2D eigenvalue weighted by atomic mass is 19.1. The average molecular weight is 453 g/mol. The number of hydrogen-bond acceptors (Lipinski definition) is 3. The van der Waals surface area contributed by atoms with Crippen LogP contribution in [0.5, 0.6) is 0 Å². The number of hydrogen-bond donors (Lipinski definition) is 0. The van der Waals surface area contributed by atoms with Gasteiger partial charge in [0.1, 0.15) is 11.6 Å². The van der Waals surface area contributed by atoms with E-state index in [1.165, 1.54) is 12.1 Å². The Kier molecular flexibility index (Phi) is 6.58.